The summed E-state index contributed by atoms with van der Waals surface area (Å²) < 4.78 is 11.2. The topological polar surface area (TPSA) is 67.8 Å². The normalized spacial score (nSPS) is 13.2. The van der Waals surface area contributed by atoms with Crippen LogP contribution in [0.2, 0.25) is 0 Å². The number of fused-ring (bicyclic) bond motifs is 1. The molecule has 120 valence electrons. The number of para-hydroxylation sites is 1. The standard InChI is InChI=1S/C18H19NO4/c20-15-5-2-1-4-13(15)6-9-18(21)19-14-7-8-16-17(12-14)23-11-3-10-22-16/h1-2,4-5,7-8,12,20H,3,6,9-11H2,(H,19,21). The minimum Gasteiger partial charge on any atom is -0.508 e. The molecule has 0 atom stereocenters. The molecule has 3 rings (SSSR count). The Kier molecular flexibility index (Phi) is 4.66. The number of nitrogens with one attached hydrogen (secondary N) is 1. The predicted octanol–water partition coefficient (Wildman–Crippen LogP) is 3.12. The summed E-state index contributed by atoms with van der Waals surface area (Å²) in [5, 5.41) is 12.6. The number of hydrogen-bond donors (Lipinski definition) is 2. The van der Waals surface area contributed by atoms with Crippen molar-refractivity contribution in [1.82, 2.24) is 0 Å². The number of phenolic OH excluding ortho intramolecular Hbond substituents is 1. The third-order valence-electron chi connectivity index (χ3n) is 3.64. The number of rotatable bonds is 4. The first-order valence-electron chi connectivity index (χ1n) is 7.69. The summed E-state index contributed by atoms with van der Waals surface area (Å²) in [6.07, 6.45) is 1.63. The summed E-state index contributed by atoms with van der Waals surface area (Å²) in [5.74, 6) is 1.47. The largest absolute Gasteiger partial charge is 0.508 e. The smallest absolute Gasteiger partial charge is 0.224 e. The number of carbonyl (C=O) groups excluding carboxylic acids is 1. The molecular weight excluding hydrogens is 294 g/mol. The zero-order chi connectivity index (χ0) is 16.1. The van der Waals surface area contributed by atoms with Gasteiger partial charge >= 0.3 is 0 Å². The molecule has 0 unspecified atom stereocenters. The lowest BCUT2D eigenvalue weighted by Crippen LogP contribution is -2.12. The van der Waals surface area contributed by atoms with Gasteiger partial charge in [0.05, 0.1) is 13.2 Å². The van der Waals surface area contributed by atoms with Crippen molar-refractivity contribution in [2.24, 2.45) is 0 Å². The maximum absolute atomic E-state index is 12.1. The Morgan fingerprint density at radius 3 is 2.70 bits per heavy atom. The molecular formula is C18H19NO4. The fourth-order valence-corrected chi connectivity index (χ4v) is 2.43. The third-order valence-corrected chi connectivity index (χ3v) is 3.64. The molecule has 1 heterocycles. The van der Waals surface area contributed by atoms with Crippen LogP contribution < -0.4 is 14.8 Å². The number of benzene rings is 2. The summed E-state index contributed by atoms with van der Waals surface area (Å²) in [4.78, 5) is 12.1. The van der Waals surface area contributed by atoms with E-state index in [0.717, 1.165) is 12.0 Å². The highest BCUT2D eigenvalue weighted by Gasteiger charge is 2.12. The van der Waals surface area contributed by atoms with Crippen molar-refractivity contribution >= 4 is 11.6 Å². The lowest BCUT2D eigenvalue weighted by Gasteiger charge is -2.10. The molecule has 2 N–H and O–H groups in total. The van der Waals surface area contributed by atoms with E-state index in [1.54, 1.807) is 30.3 Å². The quantitative estimate of drug-likeness (QED) is 0.910. The van der Waals surface area contributed by atoms with Crippen LogP contribution in [0.15, 0.2) is 42.5 Å². The molecule has 1 amide bonds. The number of aryl methyl sites for hydroxylation is 1. The van der Waals surface area contributed by atoms with Crippen LogP contribution in [-0.4, -0.2) is 24.2 Å². The van der Waals surface area contributed by atoms with Gasteiger partial charge in [0, 0.05) is 24.6 Å². The van der Waals surface area contributed by atoms with Gasteiger partial charge in [-0.1, -0.05) is 18.2 Å². The highest BCUT2D eigenvalue weighted by Crippen LogP contribution is 2.32. The first-order chi connectivity index (χ1) is 11.2. The predicted molar refractivity (Wildman–Crippen MR) is 87.1 cm³/mol. The molecule has 1 aliphatic rings. The lowest BCUT2D eigenvalue weighted by molar-refractivity contribution is -0.116. The van der Waals surface area contributed by atoms with Gasteiger partial charge in [-0.15, -0.1) is 0 Å². The summed E-state index contributed by atoms with van der Waals surface area (Å²) in [5.41, 5.74) is 1.44. The molecule has 5 nitrogen and oxygen atoms in total. The Bertz CT molecular complexity index is 699. The summed E-state index contributed by atoms with van der Waals surface area (Å²) in [6, 6.07) is 12.4. The number of amides is 1. The fourth-order valence-electron chi connectivity index (χ4n) is 2.43. The molecule has 0 saturated heterocycles. The van der Waals surface area contributed by atoms with Gasteiger partial charge in [0.25, 0.3) is 0 Å². The number of aromatic hydroxyl groups is 1. The van der Waals surface area contributed by atoms with Crippen molar-refractivity contribution in [1.29, 1.82) is 0 Å². The number of anilines is 1. The molecule has 23 heavy (non-hydrogen) atoms. The van der Waals surface area contributed by atoms with Crippen LogP contribution in [0.3, 0.4) is 0 Å². The minimum absolute atomic E-state index is 0.109. The van der Waals surface area contributed by atoms with Gasteiger partial charge in [0.1, 0.15) is 5.75 Å². The number of ether oxygens (including phenoxy) is 2. The highest BCUT2D eigenvalue weighted by atomic mass is 16.5. The van der Waals surface area contributed by atoms with Crippen LogP contribution in [0.25, 0.3) is 0 Å². The van der Waals surface area contributed by atoms with Crippen LogP contribution in [0.5, 0.6) is 17.2 Å². The van der Waals surface area contributed by atoms with Crippen molar-refractivity contribution in [3.8, 4) is 17.2 Å². The molecule has 0 aliphatic carbocycles. The van der Waals surface area contributed by atoms with Crippen LogP contribution in [0, 0.1) is 0 Å². The maximum Gasteiger partial charge on any atom is 0.224 e. The van der Waals surface area contributed by atoms with Gasteiger partial charge < -0.3 is 19.9 Å². The van der Waals surface area contributed by atoms with Crippen LogP contribution in [-0.2, 0) is 11.2 Å². The molecule has 0 fully saturated rings. The Balaban J connectivity index is 1.60. The maximum atomic E-state index is 12.1. The van der Waals surface area contributed by atoms with Crippen molar-refractivity contribution in [3.63, 3.8) is 0 Å². The molecule has 0 spiro atoms. The van der Waals surface area contributed by atoms with Gasteiger partial charge in [0.15, 0.2) is 11.5 Å². The van der Waals surface area contributed by atoms with E-state index in [1.807, 2.05) is 12.1 Å². The van der Waals surface area contributed by atoms with E-state index >= 15 is 0 Å². The average molecular weight is 313 g/mol. The Labute approximate surface area is 134 Å². The van der Waals surface area contributed by atoms with Crippen molar-refractivity contribution in [2.75, 3.05) is 18.5 Å². The van der Waals surface area contributed by atoms with Gasteiger partial charge in [-0.3, -0.25) is 4.79 Å². The Morgan fingerprint density at radius 2 is 1.87 bits per heavy atom. The Morgan fingerprint density at radius 1 is 1.09 bits per heavy atom. The van der Waals surface area contributed by atoms with Crippen molar-refractivity contribution < 1.29 is 19.4 Å². The minimum atomic E-state index is -0.109. The zero-order valence-electron chi connectivity index (χ0n) is 12.7. The molecule has 0 radical (unpaired) electrons. The lowest BCUT2D eigenvalue weighted by atomic mass is 10.1. The second kappa shape index (κ2) is 7.05. The molecule has 5 heteroatoms. The molecule has 0 bridgehead atoms. The molecule has 0 saturated carbocycles. The van der Waals surface area contributed by atoms with Crippen LogP contribution in [0.1, 0.15) is 18.4 Å². The molecule has 1 aliphatic heterocycles. The van der Waals surface area contributed by atoms with E-state index in [9.17, 15) is 9.90 Å². The van der Waals surface area contributed by atoms with Gasteiger partial charge in [-0.2, -0.15) is 0 Å². The first kappa shape index (κ1) is 15.2. The fraction of sp³-hybridized carbons (Fsp3) is 0.278. The number of hydrogen-bond acceptors (Lipinski definition) is 4. The molecule has 2 aromatic carbocycles. The second-order valence-electron chi connectivity index (χ2n) is 5.39. The van der Waals surface area contributed by atoms with Gasteiger partial charge in [-0.05, 0) is 30.2 Å². The summed E-state index contributed by atoms with van der Waals surface area (Å²) in [7, 11) is 0. The number of carbonyl (C=O) groups is 1. The first-order valence-corrected chi connectivity index (χ1v) is 7.69. The second-order valence-corrected chi connectivity index (χ2v) is 5.39. The summed E-state index contributed by atoms with van der Waals surface area (Å²) >= 11 is 0. The Hall–Kier alpha value is -2.69. The van der Waals surface area contributed by atoms with E-state index in [4.69, 9.17) is 9.47 Å². The van der Waals surface area contributed by atoms with Gasteiger partial charge in [0.2, 0.25) is 5.91 Å². The van der Waals surface area contributed by atoms with E-state index in [-0.39, 0.29) is 11.7 Å². The van der Waals surface area contributed by atoms with E-state index in [0.29, 0.717) is 43.2 Å². The van der Waals surface area contributed by atoms with Crippen molar-refractivity contribution in [2.45, 2.75) is 19.3 Å². The SMILES string of the molecule is O=C(CCc1ccccc1O)Nc1ccc2c(c1)OCCCO2. The van der Waals surface area contributed by atoms with Gasteiger partial charge in [-0.25, -0.2) is 0 Å². The average Bonchev–Trinajstić information content (AvgIpc) is 2.79. The van der Waals surface area contributed by atoms with E-state index in [1.165, 1.54) is 0 Å². The van der Waals surface area contributed by atoms with E-state index < -0.39 is 0 Å². The van der Waals surface area contributed by atoms with Crippen molar-refractivity contribution in [3.05, 3.63) is 48.0 Å². The van der Waals surface area contributed by atoms with Crippen LogP contribution in [0.4, 0.5) is 5.69 Å². The molecule has 0 aromatic heterocycles. The summed E-state index contributed by atoms with van der Waals surface area (Å²) in [6.45, 7) is 1.25. The zero-order valence-corrected chi connectivity index (χ0v) is 12.7. The monoisotopic (exact) mass is 313 g/mol. The third kappa shape index (κ3) is 3.94. The molecule has 2 aromatic rings. The highest BCUT2D eigenvalue weighted by molar-refractivity contribution is 5.91. The number of phenols is 1. The van der Waals surface area contributed by atoms with E-state index in [2.05, 4.69) is 5.32 Å². The van der Waals surface area contributed by atoms with Crippen LogP contribution >= 0.6 is 0 Å².